The van der Waals surface area contributed by atoms with Crippen LogP contribution >= 0.6 is 31.9 Å². The zero-order valence-electron chi connectivity index (χ0n) is 18.7. The van der Waals surface area contributed by atoms with Crippen molar-refractivity contribution in [1.82, 2.24) is 10.3 Å². The van der Waals surface area contributed by atoms with Crippen molar-refractivity contribution in [3.05, 3.63) is 57.1 Å². The Bertz CT molecular complexity index is 1230. The van der Waals surface area contributed by atoms with Crippen LogP contribution in [0.2, 0.25) is 0 Å². The molecule has 1 N–H and O–H groups in total. The summed E-state index contributed by atoms with van der Waals surface area (Å²) in [4.78, 5) is 23.9. The highest BCUT2D eigenvalue weighted by molar-refractivity contribution is 9.10. The van der Waals surface area contributed by atoms with Gasteiger partial charge >= 0.3 is 6.18 Å². The molecule has 2 fully saturated rings. The fourth-order valence-corrected chi connectivity index (χ4v) is 5.99. The molecule has 5 nitrogen and oxygen atoms in total. The van der Waals surface area contributed by atoms with Crippen molar-refractivity contribution in [2.75, 3.05) is 11.4 Å². The molecule has 35 heavy (non-hydrogen) atoms. The third-order valence-corrected chi connectivity index (χ3v) is 7.94. The van der Waals surface area contributed by atoms with Gasteiger partial charge in [0.1, 0.15) is 22.9 Å². The normalized spacial score (nSPS) is 24.7. The predicted molar refractivity (Wildman–Crippen MR) is 131 cm³/mol. The number of amidine groups is 1. The van der Waals surface area contributed by atoms with Gasteiger partial charge in [-0.2, -0.15) is 13.2 Å². The number of aromatic nitrogens is 1. The lowest BCUT2D eigenvalue weighted by Gasteiger charge is -2.42. The zero-order chi connectivity index (χ0) is 25.1. The minimum absolute atomic E-state index is 0.0571. The molecule has 1 aliphatic carbocycles. The molecule has 2 atom stereocenters. The second-order valence-corrected chi connectivity index (χ2v) is 10.8. The topological polar surface area (TPSA) is 57.6 Å². The van der Waals surface area contributed by atoms with Crippen LogP contribution in [-0.2, 0) is 16.3 Å². The van der Waals surface area contributed by atoms with Crippen LogP contribution in [0, 0.1) is 5.82 Å². The maximum Gasteiger partial charge on any atom is 0.433 e. The fraction of sp³-hybridized carbons (Fsp3) is 0.458. The van der Waals surface area contributed by atoms with E-state index in [1.54, 1.807) is 0 Å². The molecule has 1 saturated carbocycles. The molecule has 0 bridgehead atoms. The lowest BCUT2D eigenvalue weighted by molar-refractivity contribution is -0.141. The number of benzene rings is 1. The summed E-state index contributed by atoms with van der Waals surface area (Å²) in [5.41, 5.74) is 0.133. The highest BCUT2D eigenvalue weighted by atomic mass is 79.9. The summed E-state index contributed by atoms with van der Waals surface area (Å²) in [5, 5.41) is 3.17. The van der Waals surface area contributed by atoms with Crippen LogP contribution in [0.4, 0.5) is 23.2 Å². The van der Waals surface area contributed by atoms with Crippen molar-refractivity contribution in [1.29, 1.82) is 0 Å². The van der Waals surface area contributed by atoms with Crippen molar-refractivity contribution in [3.63, 3.8) is 0 Å². The average Bonchev–Trinajstić information content (AvgIpc) is 3.58. The van der Waals surface area contributed by atoms with Crippen molar-refractivity contribution < 1.29 is 22.4 Å². The summed E-state index contributed by atoms with van der Waals surface area (Å²) >= 11 is 6.73. The molecule has 5 rings (SSSR count). The Hall–Kier alpha value is -2.01. The largest absolute Gasteiger partial charge is 0.433 e. The zero-order valence-corrected chi connectivity index (χ0v) is 21.9. The molecule has 2 aliphatic heterocycles. The minimum atomic E-state index is -4.54. The summed E-state index contributed by atoms with van der Waals surface area (Å²) in [6.45, 7) is 2.44. The van der Waals surface area contributed by atoms with Crippen LogP contribution in [0.25, 0.3) is 0 Å². The third kappa shape index (κ3) is 4.50. The molecule has 186 valence electrons. The van der Waals surface area contributed by atoms with Gasteiger partial charge in [-0.3, -0.25) is 9.79 Å². The molecule has 1 spiro atoms. The number of nitrogens with one attached hydrogen (secondary N) is 1. The molecule has 0 unspecified atom stereocenters. The molecule has 3 heterocycles. The summed E-state index contributed by atoms with van der Waals surface area (Å²) in [6.07, 6.45) is -2.22. The Morgan fingerprint density at radius 2 is 2.00 bits per heavy atom. The molecule has 1 amide bonds. The van der Waals surface area contributed by atoms with Crippen LogP contribution in [0.3, 0.4) is 0 Å². The molecule has 0 radical (unpaired) electrons. The van der Waals surface area contributed by atoms with E-state index in [1.165, 1.54) is 12.1 Å². The molecule has 1 saturated heterocycles. The third-order valence-electron chi connectivity index (χ3n) is 6.93. The van der Waals surface area contributed by atoms with E-state index in [9.17, 15) is 22.4 Å². The van der Waals surface area contributed by atoms with E-state index in [2.05, 4.69) is 47.1 Å². The number of piperidine rings is 1. The van der Waals surface area contributed by atoms with E-state index in [1.807, 2.05) is 13.0 Å². The van der Waals surface area contributed by atoms with Crippen LogP contribution in [0.15, 0.2) is 33.7 Å². The smallest absolute Gasteiger partial charge is 0.368 e. The lowest BCUT2D eigenvalue weighted by Crippen LogP contribution is -2.53. The lowest BCUT2D eigenvalue weighted by atomic mass is 9.83. The molecule has 1 aromatic heterocycles. The minimum Gasteiger partial charge on any atom is -0.368 e. The first kappa shape index (κ1) is 24.7. The number of amides is 1. The Morgan fingerprint density at radius 1 is 1.26 bits per heavy atom. The van der Waals surface area contributed by atoms with Crippen molar-refractivity contribution in [2.24, 2.45) is 4.99 Å². The maximum absolute atomic E-state index is 14.6. The summed E-state index contributed by atoms with van der Waals surface area (Å²) in [6, 6.07) is 5.47. The van der Waals surface area contributed by atoms with Crippen LogP contribution in [0.5, 0.6) is 0 Å². The summed E-state index contributed by atoms with van der Waals surface area (Å²) in [5.74, 6) is -0.353. The van der Waals surface area contributed by atoms with Gasteiger partial charge in [0.15, 0.2) is 0 Å². The molecular weight excluding hydrogens is 596 g/mol. The van der Waals surface area contributed by atoms with Gasteiger partial charge in [-0.15, -0.1) is 0 Å². The molecule has 2 aromatic rings. The van der Waals surface area contributed by atoms with Gasteiger partial charge in [-0.25, -0.2) is 9.37 Å². The number of pyridine rings is 1. The van der Waals surface area contributed by atoms with E-state index in [-0.39, 0.29) is 29.5 Å². The van der Waals surface area contributed by atoms with Gasteiger partial charge in [0, 0.05) is 51.5 Å². The van der Waals surface area contributed by atoms with E-state index in [4.69, 9.17) is 4.99 Å². The first-order chi connectivity index (χ1) is 16.5. The number of hydrogen-bond acceptors (Lipinski definition) is 4. The monoisotopic (exact) mass is 616 g/mol. The van der Waals surface area contributed by atoms with Gasteiger partial charge in [0.2, 0.25) is 0 Å². The Labute approximate surface area is 216 Å². The standard InChI is InChI=1S/C24H22Br2F4N4O/c1-12-10-23(6-7-34(12)18-9-14(26)8-17(27)16(18)11-25)22(35)32-21(33-23)15-4-5-19(24(28,29)30)31-20(15)13-2-3-13/h4-5,8-9,12-13H,2-3,6-7,10-11H2,1H3,(H,32,33,35)/t12-,23+/m0/s1. The second-order valence-electron chi connectivity index (χ2n) is 9.36. The number of aliphatic imine (C=N–C) groups is 1. The quantitative estimate of drug-likeness (QED) is 0.334. The fourth-order valence-electron chi connectivity index (χ4n) is 5.02. The number of hydrogen-bond donors (Lipinski definition) is 1. The van der Waals surface area contributed by atoms with Crippen molar-refractivity contribution in [3.8, 4) is 0 Å². The highest BCUT2D eigenvalue weighted by Crippen LogP contribution is 2.44. The van der Waals surface area contributed by atoms with Gasteiger partial charge in [0.25, 0.3) is 5.91 Å². The summed E-state index contributed by atoms with van der Waals surface area (Å²) in [7, 11) is 0. The van der Waals surface area contributed by atoms with E-state index in [0.29, 0.717) is 46.0 Å². The number of halogens is 6. The van der Waals surface area contributed by atoms with Crippen LogP contribution < -0.4 is 10.2 Å². The molecule has 1 aromatic carbocycles. The second kappa shape index (κ2) is 8.83. The van der Waals surface area contributed by atoms with E-state index < -0.39 is 17.4 Å². The number of carbonyl (C=O) groups is 1. The first-order valence-corrected chi connectivity index (χ1v) is 13.2. The highest BCUT2D eigenvalue weighted by Gasteiger charge is 2.49. The van der Waals surface area contributed by atoms with E-state index >= 15 is 0 Å². The maximum atomic E-state index is 14.6. The Morgan fingerprint density at radius 3 is 2.63 bits per heavy atom. The SMILES string of the molecule is C[C@H]1C[C@@]2(CCN1c1cc(Br)cc(F)c1CBr)N=C(c1ccc(C(F)(F)F)nc1C1CC1)NC2=O. The van der Waals surface area contributed by atoms with Crippen LogP contribution in [-0.4, -0.2) is 34.9 Å². The molecule has 11 heteroatoms. The van der Waals surface area contributed by atoms with Gasteiger partial charge < -0.3 is 10.2 Å². The van der Waals surface area contributed by atoms with Gasteiger partial charge in [-0.05, 0) is 50.5 Å². The predicted octanol–water partition coefficient (Wildman–Crippen LogP) is 6.08. The number of alkyl halides is 4. The summed E-state index contributed by atoms with van der Waals surface area (Å²) < 4.78 is 54.9. The Balaban J connectivity index is 1.46. The Kier molecular flexibility index (Phi) is 6.22. The number of nitrogens with zero attached hydrogens (tertiary/aromatic N) is 3. The van der Waals surface area contributed by atoms with Crippen molar-refractivity contribution >= 4 is 49.3 Å². The number of carbonyl (C=O) groups excluding carboxylic acids is 1. The number of rotatable bonds is 4. The van der Waals surface area contributed by atoms with Crippen molar-refractivity contribution in [2.45, 2.75) is 61.6 Å². The average molecular weight is 618 g/mol. The van der Waals surface area contributed by atoms with E-state index in [0.717, 1.165) is 24.6 Å². The number of anilines is 1. The molecular formula is C24H22Br2F4N4O. The van der Waals surface area contributed by atoms with Gasteiger partial charge in [-0.1, -0.05) is 31.9 Å². The van der Waals surface area contributed by atoms with Crippen LogP contribution in [0.1, 0.15) is 61.0 Å². The molecule has 3 aliphatic rings. The van der Waals surface area contributed by atoms with Gasteiger partial charge in [0.05, 0.1) is 5.69 Å². The first-order valence-electron chi connectivity index (χ1n) is 11.3.